The Kier molecular flexibility index (Phi) is 8.07. The molecular formula is C20H28IN5OS. The minimum atomic E-state index is 0. The van der Waals surface area contributed by atoms with E-state index < -0.39 is 0 Å². The van der Waals surface area contributed by atoms with Gasteiger partial charge in [-0.25, -0.2) is 4.98 Å². The molecular weight excluding hydrogens is 485 g/mol. The fourth-order valence-corrected chi connectivity index (χ4v) is 4.60. The van der Waals surface area contributed by atoms with Gasteiger partial charge in [0.25, 0.3) is 0 Å². The number of benzene rings is 1. The van der Waals surface area contributed by atoms with E-state index in [9.17, 15) is 0 Å². The normalized spacial score (nSPS) is 20.8. The lowest BCUT2D eigenvalue weighted by Crippen LogP contribution is -2.46. The lowest BCUT2D eigenvalue weighted by Gasteiger charge is -2.32. The van der Waals surface area contributed by atoms with E-state index in [-0.39, 0.29) is 24.0 Å². The zero-order valence-corrected chi connectivity index (χ0v) is 19.4. The number of halogens is 1. The van der Waals surface area contributed by atoms with Crippen molar-refractivity contribution in [3.05, 3.63) is 41.4 Å². The van der Waals surface area contributed by atoms with E-state index in [4.69, 9.17) is 9.72 Å². The van der Waals surface area contributed by atoms with Crippen LogP contribution in [-0.2, 0) is 11.3 Å². The van der Waals surface area contributed by atoms with Gasteiger partial charge >= 0.3 is 0 Å². The molecule has 1 atom stereocenters. The van der Waals surface area contributed by atoms with Crippen molar-refractivity contribution in [2.75, 3.05) is 46.4 Å². The summed E-state index contributed by atoms with van der Waals surface area (Å²) in [5.41, 5.74) is 2.23. The number of hydrogen-bond acceptors (Lipinski definition) is 5. The first-order valence-corrected chi connectivity index (χ1v) is 10.5. The van der Waals surface area contributed by atoms with Gasteiger partial charge in [-0.1, -0.05) is 30.3 Å². The number of nitrogens with zero attached hydrogens (tertiary/aromatic N) is 4. The van der Waals surface area contributed by atoms with E-state index in [1.165, 1.54) is 12.0 Å². The number of hydrogen-bond donors (Lipinski definition) is 1. The maximum Gasteiger partial charge on any atom is 0.194 e. The summed E-state index contributed by atoms with van der Waals surface area (Å²) >= 11 is 1.69. The molecule has 28 heavy (non-hydrogen) atoms. The molecule has 6 nitrogen and oxygen atoms in total. The summed E-state index contributed by atoms with van der Waals surface area (Å²) in [6, 6.07) is 10.9. The van der Waals surface area contributed by atoms with Crippen LogP contribution in [0.15, 0.2) is 40.7 Å². The van der Waals surface area contributed by atoms with E-state index >= 15 is 0 Å². The summed E-state index contributed by atoms with van der Waals surface area (Å²) in [7, 11) is 1.86. The van der Waals surface area contributed by atoms with Crippen LogP contribution in [0.3, 0.4) is 0 Å². The lowest BCUT2D eigenvalue weighted by molar-refractivity contribution is 0.0195. The van der Waals surface area contributed by atoms with Crippen molar-refractivity contribution in [2.24, 2.45) is 4.99 Å². The van der Waals surface area contributed by atoms with Crippen LogP contribution in [-0.4, -0.2) is 73.2 Å². The SMILES string of the molecule is CN=C(NCc1csc(-c2ccccc2)n1)N1CCC(N2CCOCC2)C1.I. The summed E-state index contributed by atoms with van der Waals surface area (Å²) in [5, 5.41) is 6.69. The van der Waals surface area contributed by atoms with Gasteiger partial charge in [0.2, 0.25) is 0 Å². The standard InChI is InChI=1S/C20H27N5OS.HI/c1-21-20(25-8-7-18(14-25)24-9-11-26-12-10-24)22-13-17-15-27-19(23-17)16-5-3-2-4-6-16;/h2-6,15,18H,7-14H2,1H3,(H,21,22);1H. The summed E-state index contributed by atoms with van der Waals surface area (Å²) in [5.74, 6) is 0.972. The zero-order chi connectivity index (χ0) is 18.5. The highest BCUT2D eigenvalue weighted by Crippen LogP contribution is 2.23. The van der Waals surface area contributed by atoms with E-state index in [2.05, 4.69) is 49.8 Å². The van der Waals surface area contributed by atoms with Gasteiger partial charge in [-0.2, -0.15) is 0 Å². The first-order chi connectivity index (χ1) is 13.3. The Morgan fingerprint density at radius 1 is 1.25 bits per heavy atom. The van der Waals surface area contributed by atoms with E-state index in [1.54, 1.807) is 11.3 Å². The highest BCUT2D eigenvalue weighted by Gasteiger charge is 2.30. The van der Waals surface area contributed by atoms with Crippen molar-refractivity contribution in [1.82, 2.24) is 20.1 Å². The number of guanidine groups is 1. The highest BCUT2D eigenvalue weighted by molar-refractivity contribution is 14.0. The number of morpholine rings is 1. The smallest absolute Gasteiger partial charge is 0.194 e. The van der Waals surface area contributed by atoms with Crippen molar-refractivity contribution in [1.29, 1.82) is 0 Å². The topological polar surface area (TPSA) is 53.0 Å². The average Bonchev–Trinajstić information content (AvgIpc) is 3.40. The van der Waals surface area contributed by atoms with Crippen LogP contribution in [0, 0.1) is 0 Å². The van der Waals surface area contributed by atoms with Crippen LogP contribution in [0.25, 0.3) is 10.6 Å². The van der Waals surface area contributed by atoms with Crippen LogP contribution in [0.4, 0.5) is 0 Å². The summed E-state index contributed by atoms with van der Waals surface area (Å²) in [6.07, 6.45) is 1.19. The van der Waals surface area contributed by atoms with Crippen molar-refractivity contribution < 1.29 is 4.74 Å². The van der Waals surface area contributed by atoms with Gasteiger partial charge in [-0.15, -0.1) is 35.3 Å². The molecule has 0 saturated carbocycles. The first-order valence-electron chi connectivity index (χ1n) is 9.60. The molecule has 2 saturated heterocycles. The summed E-state index contributed by atoms with van der Waals surface area (Å²) < 4.78 is 5.48. The second-order valence-electron chi connectivity index (χ2n) is 6.95. The number of aromatic nitrogens is 1. The van der Waals surface area contributed by atoms with Crippen LogP contribution in [0.1, 0.15) is 12.1 Å². The lowest BCUT2D eigenvalue weighted by atomic mass is 10.2. The molecule has 0 radical (unpaired) electrons. The van der Waals surface area contributed by atoms with Crippen LogP contribution in [0.5, 0.6) is 0 Å². The second-order valence-corrected chi connectivity index (χ2v) is 7.81. The maximum absolute atomic E-state index is 5.48. The number of likely N-dealkylation sites (tertiary alicyclic amines) is 1. The molecule has 2 fully saturated rings. The van der Waals surface area contributed by atoms with Crippen molar-refractivity contribution >= 4 is 41.3 Å². The Morgan fingerprint density at radius 2 is 2.04 bits per heavy atom. The molecule has 0 amide bonds. The number of nitrogens with one attached hydrogen (secondary N) is 1. The van der Waals surface area contributed by atoms with Crippen LogP contribution in [0.2, 0.25) is 0 Å². The molecule has 1 aromatic heterocycles. The highest BCUT2D eigenvalue weighted by atomic mass is 127. The van der Waals surface area contributed by atoms with Gasteiger partial charge in [0.05, 0.1) is 25.5 Å². The largest absolute Gasteiger partial charge is 0.379 e. The molecule has 152 valence electrons. The molecule has 0 aliphatic carbocycles. The molecule has 4 rings (SSSR count). The van der Waals surface area contributed by atoms with Crippen molar-refractivity contribution in [2.45, 2.75) is 19.0 Å². The Balaban J connectivity index is 0.00000225. The Bertz CT molecular complexity index is 763. The molecule has 0 spiro atoms. The Hall–Kier alpha value is -1.23. The van der Waals surface area contributed by atoms with Crippen LogP contribution >= 0.6 is 35.3 Å². The first kappa shape index (κ1) is 21.5. The minimum Gasteiger partial charge on any atom is -0.379 e. The average molecular weight is 513 g/mol. The van der Waals surface area contributed by atoms with Crippen molar-refractivity contribution in [3.8, 4) is 10.6 Å². The third-order valence-electron chi connectivity index (χ3n) is 5.24. The van der Waals surface area contributed by atoms with Gasteiger partial charge in [0.15, 0.2) is 5.96 Å². The number of ether oxygens (including phenoxy) is 1. The van der Waals surface area contributed by atoms with Gasteiger partial charge < -0.3 is 15.0 Å². The number of thiazole rings is 1. The molecule has 0 bridgehead atoms. The molecule has 1 N–H and O–H groups in total. The molecule has 8 heteroatoms. The number of rotatable bonds is 4. The fourth-order valence-electron chi connectivity index (χ4n) is 3.78. The van der Waals surface area contributed by atoms with E-state index in [0.717, 1.165) is 56.1 Å². The Morgan fingerprint density at radius 3 is 2.79 bits per heavy atom. The molecule has 3 heterocycles. The van der Waals surface area contributed by atoms with E-state index in [1.807, 2.05) is 13.1 Å². The monoisotopic (exact) mass is 513 g/mol. The molecule has 2 aliphatic rings. The van der Waals surface area contributed by atoms with Gasteiger partial charge in [-0.3, -0.25) is 9.89 Å². The van der Waals surface area contributed by atoms with Gasteiger partial charge in [0.1, 0.15) is 5.01 Å². The molecule has 2 aromatic rings. The van der Waals surface area contributed by atoms with Gasteiger partial charge in [-0.05, 0) is 6.42 Å². The molecule has 1 aromatic carbocycles. The second kappa shape index (κ2) is 10.5. The molecule has 2 aliphatic heterocycles. The predicted octanol–water partition coefficient (Wildman–Crippen LogP) is 2.91. The van der Waals surface area contributed by atoms with Crippen molar-refractivity contribution in [3.63, 3.8) is 0 Å². The summed E-state index contributed by atoms with van der Waals surface area (Å²) in [6.45, 7) is 6.60. The summed E-state index contributed by atoms with van der Waals surface area (Å²) in [4.78, 5) is 14.2. The molecule has 1 unspecified atom stereocenters. The van der Waals surface area contributed by atoms with Gasteiger partial charge in [0, 0.05) is 50.2 Å². The fraction of sp³-hybridized carbons (Fsp3) is 0.500. The number of aliphatic imine (C=N–C) groups is 1. The Labute approximate surface area is 188 Å². The third-order valence-corrected chi connectivity index (χ3v) is 6.18. The zero-order valence-electron chi connectivity index (χ0n) is 16.2. The van der Waals surface area contributed by atoms with Crippen LogP contribution < -0.4 is 5.32 Å². The maximum atomic E-state index is 5.48. The predicted molar refractivity (Wildman–Crippen MR) is 126 cm³/mol. The third kappa shape index (κ3) is 5.22. The van der Waals surface area contributed by atoms with E-state index in [0.29, 0.717) is 12.6 Å². The quantitative estimate of drug-likeness (QED) is 0.387. The minimum absolute atomic E-state index is 0.